The largest absolute Gasteiger partial charge is 0.463 e. The molecule has 2 aromatic carbocycles. The minimum atomic E-state index is -3.87. The van der Waals surface area contributed by atoms with Crippen LogP contribution in [0.3, 0.4) is 0 Å². The van der Waals surface area contributed by atoms with Crippen LogP contribution in [0.15, 0.2) is 72.2 Å². The highest BCUT2D eigenvalue weighted by Crippen LogP contribution is 2.21. The van der Waals surface area contributed by atoms with Crippen LogP contribution in [0, 0.1) is 6.92 Å². The van der Waals surface area contributed by atoms with Gasteiger partial charge in [-0.25, -0.2) is 13.2 Å². The lowest BCUT2D eigenvalue weighted by Crippen LogP contribution is -2.24. The third-order valence-corrected chi connectivity index (χ3v) is 5.18. The highest BCUT2D eigenvalue weighted by molar-refractivity contribution is 7.89. The standard InChI is InChI=1S/C21H23NO4S/c1-4-8-17-9-6-7-10-19(17)20(15-21(23)26-5-2)22-27(24,25)18-13-11-16(3)12-14-18/h4,6-7,9-15,22H,1,5,8H2,2-3H3/b20-15-. The van der Waals surface area contributed by atoms with Crippen molar-refractivity contribution in [3.8, 4) is 0 Å². The number of benzene rings is 2. The molecule has 0 bridgehead atoms. The summed E-state index contributed by atoms with van der Waals surface area (Å²) in [5.74, 6) is -0.618. The predicted octanol–water partition coefficient (Wildman–Crippen LogP) is 3.61. The molecule has 2 aromatic rings. The van der Waals surface area contributed by atoms with E-state index in [2.05, 4.69) is 11.3 Å². The zero-order valence-electron chi connectivity index (χ0n) is 15.4. The van der Waals surface area contributed by atoms with Gasteiger partial charge in [-0.2, -0.15) is 0 Å². The monoisotopic (exact) mass is 385 g/mol. The van der Waals surface area contributed by atoms with Crippen molar-refractivity contribution in [1.29, 1.82) is 0 Å². The fourth-order valence-corrected chi connectivity index (χ4v) is 3.57. The van der Waals surface area contributed by atoms with Gasteiger partial charge in [0.1, 0.15) is 0 Å². The van der Waals surface area contributed by atoms with Crippen molar-refractivity contribution >= 4 is 21.7 Å². The number of hydrogen-bond acceptors (Lipinski definition) is 4. The van der Waals surface area contributed by atoms with Crippen molar-refractivity contribution in [2.45, 2.75) is 25.2 Å². The van der Waals surface area contributed by atoms with Crippen molar-refractivity contribution in [3.63, 3.8) is 0 Å². The highest BCUT2D eigenvalue weighted by Gasteiger charge is 2.19. The molecule has 0 aliphatic rings. The average Bonchev–Trinajstić information content (AvgIpc) is 2.62. The van der Waals surface area contributed by atoms with Crippen LogP contribution in [0.25, 0.3) is 5.70 Å². The van der Waals surface area contributed by atoms with Gasteiger partial charge in [-0.15, -0.1) is 6.58 Å². The molecule has 5 nitrogen and oxygen atoms in total. The van der Waals surface area contributed by atoms with E-state index >= 15 is 0 Å². The lowest BCUT2D eigenvalue weighted by Gasteiger charge is -2.15. The zero-order valence-corrected chi connectivity index (χ0v) is 16.3. The molecule has 0 unspecified atom stereocenters. The van der Waals surface area contributed by atoms with Crippen LogP contribution in [-0.4, -0.2) is 21.0 Å². The van der Waals surface area contributed by atoms with Crippen LogP contribution in [0.2, 0.25) is 0 Å². The molecule has 0 atom stereocenters. The molecule has 0 fully saturated rings. The Labute approximate surface area is 160 Å². The summed E-state index contributed by atoms with van der Waals surface area (Å²) in [4.78, 5) is 12.1. The summed E-state index contributed by atoms with van der Waals surface area (Å²) in [7, 11) is -3.87. The summed E-state index contributed by atoms with van der Waals surface area (Å²) < 4.78 is 33.1. The van der Waals surface area contributed by atoms with Crippen molar-refractivity contribution in [2.24, 2.45) is 0 Å². The Morgan fingerprint density at radius 1 is 1.15 bits per heavy atom. The van der Waals surface area contributed by atoms with E-state index in [0.717, 1.165) is 17.2 Å². The van der Waals surface area contributed by atoms with E-state index in [1.54, 1.807) is 37.3 Å². The van der Waals surface area contributed by atoms with Crippen molar-refractivity contribution in [3.05, 3.63) is 84.0 Å². The Morgan fingerprint density at radius 3 is 2.44 bits per heavy atom. The quantitative estimate of drug-likeness (QED) is 0.428. The second kappa shape index (κ2) is 9.19. The Bertz CT molecular complexity index is 944. The molecule has 0 amide bonds. The van der Waals surface area contributed by atoms with Gasteiger partial charge in [0, 0.05) is 11.6 Å². The maximum absolute atomic E-state index is 12.8. The summed E-state index contributed by atoms with van der Waals surface area (Å²) in [6, 6.07) is 13.7. The molecule has 0 aromatic heterocycles. The number of nitrogens with one attached hydrogen (secondary N) is 1. The van der Waals surface area contributed by atoms with E-state index in [4.69, 9.17) is 4.74 Å². The zero-order chi connectivity index (χ0) is 19.9. The Morgan fingerprint density at radius 2 is 1.81 bits per heavy atom. The molecule has 0 heterocycles. The van der Waals surface area contributed by atoms with Crippen molar-refractivity contribution < 1.29 is 17.9 Å². The van der Waals surface area contributed by atoms with Gasteiger partial charge in [-0.05, 0) is 38.0 Å². The number of esters is 1. The van der Waals surface area contributed by atoms with Gasteiger partial charge < -0.3 is 4.74 Å². The summed E-state index contributed by atoms with van der Waals surface area (Å²) in [5, 5.41) is 0. The van der Waals surface area contributed by atoms with E-state index in [9.17, 15) is 13.2 Å². The Hall–Kier alpha value is -2.86. The molecule has 142 valence electrons. The van der Waals surface area contributed by atoms with Crippen LogP contribution >= 0.6 is 0 Å². The minimum Gasteiger partial charge on any atom is -0.463 e. The molecule has 0 aliphatic carbocycles. The van der Waals surface area contributed by atoms with E-state index < -0.39 is 16.0 Å². The average molecular weight is 385 g/mol. The second-order valence-electron chi connectivity index (χ2n) is 5.88. The van der Waals surface area contributed by atoms with Gasteiger partial charge in [-0.1, -0.05) is 48.0 Å². The summed E-state index contributed by atoms with van der Waals surface area (Å²) >= 11 is 0. The Balaban J connectivity index is 2.49. The first kappa shape index (κ1) is 20.5. The third kappa shape index (κ3) is 5.56. The van der Waals surface area contributed by atoms with E-state index in [1.165, 1.54) is 12.1 Å². The lowest BCUT2D eigenvalue weighted by molar-refractivity contribution is -0.137. The number of carbonyl (C=O) groups excluding carboxylic acids is 1. The molecule has 0 spiro atoms. The van der Waals surface area contributed by atoms with Gasteiger partial charge in [0.15, 0.2) is 0 Å². The smallest absolute Gasteiger partial charge is 0.332 e. The third-order valence-electron chi connectivity index (χ3n) is 3.80. The maximum Gasteiger partial charge on any atom is 0.332 e. The van der Waals surface area contributed by atoms with E-state index in [-0.39, 0.29) is 17.2 Å². The predicted molar refractivity (Wildman–Crippen MR) is 106 cm³/mol. The Kier molecular flexibility index (Phi) is 6.96. The molecule has 0 saturated heterocycles. The van der Waals surface area contributed by atoms with Crippen LogP contribution in [0.4, 0.5) is 0 Å². The molecule has 27 heavy (non-hydrogen) atoms. The molecule has 2 rings (SSSR count). The number of allylic oxidation sites excluding steroid dienone is 1. The summed E-state index contributed by atoms with van der Waals surface area (Å²) in [5.41, 5.74) is 2.55. The normalized spacial score (nSPS) is 11.7. The highest BCUT2D eigenvalue weighted by atomic mass is 32.2. The summed E-state index contributed by atoms with van der Waals surface area (Å²) in [6.45, 7) is 7.49. The number of carbonyl (C=O) groups is 1. The minimum absolute atomic E-state index is 0.115. The molecule has 0 saturated carbocycles. The topological polar surface area (TPSA) is 72.5 Å². The molecule has 0 radical (unpaired) electrons. The number of hydrogen-bond donors (Lipinski definition) is 1. The van der Waals surface area contributed by atoms with Gasteiger partial charge >= 0.3 is 5.97 Å². The van der Waals surface area contributed by atoms with Crippen LogP contribution in [0.1, 0.15) is 23.6 Å². The van der Waals surface area contributed by atoms with E-state index in [1.807, 2.05) is 19.1 Å². The molecular formula is C21H23NO4S. The molecule has 6 heteroatoms. The summed E-state index contributed by atoms with van der Waals surface area (Å²) in [6.07, 6.45) is 3.41. The second-order valence-corrected chi connectivity index (χ2v) is 7.56. The number of aryl methyl sites for hydroxylation is 1. The first-order chi connectivity index (χ1) is 12.9. The molecule has 1 N–H and O–H groups in total. The van der Waals surface area contributed by atoms with Gasteiger partial charge in [0.05, 0.1) is 17.2 Å². The van der Waals surface area contributed by atoms with Gasteiger partial charge in [0.25, 0.3) is 10.0 Å². The lowest BCUT2D eigenvalue weighted by atomic mass is 10.0. The van der Waals surface area contributed by atoms with Crippen LogP contribution in [0.5, 0.6) is 0 Å². The fraction of sp³-hybridized carbons (Fsp3) is 0.190. The first-order valence-corrected chi connectivity index (χ1v) is 10.0. The van der Waals surface area contributed by atoms with E-state index in [0.29, 0.717) is 12.0 Å². The van der Waals surface area contributed by atoms with Crippen molar-refractivity contribution in [1.82, 2.24) is 4.72 Å². The van der Waals surface area contributed by atoms with Gasteiger partial charge in [-0.3, -0.25) is 4.72 Å². The molecule has 0 aliphatic heterocycles. The number of sulfonamides is 1. The maximum atomic E-state index is 12.8. The van der Waals surface area contributed by atoms with Crippen LogP contribution in [-0.2, 0) is 26.0 Å². The number of rotatable bonds is 8. The fourth-order valence-electron chi connectivity index (χ4n) is 2.50. The molecular weight excluding hydrogens is 362 g/mol. The van der Waals surface area contributed by atoms with Crippen LogP contribution < -0.4 is 4.72 Å². The SMILES string of the molecule is C=CCc1ccccc1/C(=C/C(=O)OCC)NS(=O)(=O)c1ccc(C)cc1. The number of ether oxygens (including phenoxy) is 1. The first-order valence-electron chi connectivity index (χ1n) is 8.54. The van der Waals surface area contributed by atoms with Crippen molar-refractivity contribution in [2.75, 3.05) is 6.61 Å². The van der Waals surface area contributed by atoms with Gasteiger partial charge in [0.2, 0.25) is 0 Å².